The zero-order chi connectivity index (χ0) is 18.0. The number of rotatable bonds is 0. The minimum atomic E-state index is 0.352. The topological polar surface area (TPSA) is 38.2 Å². The van der Waals surface area contributed by atoms with E-state index in [0.717, 1.165) is 59.1 Å². The number of amidine groups is 1. The summed E-state index contributed by atoms with van der Waals surface area (Å²) < 4.78 is 0. The van der Waals surface area contributed by atoms with Crippen molar-refractivity contribution in [2.45, 2.75) is 25.9 Å². The van der Waals surface area contributed by atoms with Gasteiger partial charge < -0.3 is 19.6 Å². The van der Waals surface area contributed by atoms with Crippen molar-refractivity contribution in [2.24, 2.45) is 4.99 Å². The highest BCUT2D eigenvalue weighted by Crippen LogP contribution is 2.43. The van der Waals surface area contributed by atoms with Crippen LogP contribution < -0.4 is 9.80 Å². The van der Waals surface area contributed by atoms with Crippen LogP contribution in [0.3, 0.4) is 0 Å². The van der Waals surface area contributed by atoms with Gasteiger partial charge >= 0.3 is 0 Å². The maximum Gasteiger partial charge on any atom is 0.147 e. The lowest BCUT2D eigenvalue weighted by atomic mass is 10.0. The van der Waals surface area contributed by atoms with Crippen LogP contribution in [-0.2, 0) is 0 Å². The number of nitrogens with zero attached hydrogens (tertiary/aromatic N) is 6. The summed E-state index contributed by atoms with van der Waals surface area (Å²) in [7, 11) is 6.27. The lowest BCUT2D eigenvalue weighted by molar-refractivity contribution is 0.108. The molecule has 1 saturated heterocycles. The first-order chi connectivity index (χ1) is 11.8. The average molecular weight is 361 g/mol. The van der Waals surface area contributed by atoms with Gasteiger partial charge in [-0.15, -0.1) is 0 Å². The molecule has 6 nitrogen and oxygen atoms in total. The number of aliphatic imine (C=N–C) groups is 1. The van der Waals surface area contributed by atoms with E-state index in [1.807, 2.05) is 18.9 Å². The van der Waals surface area contributed by atoms with Gasteiger partial charge in [-0.25, -0.2) is 9.98 Å². The molecule has 0 bridgehead atoms. The minimum absolute atomic E-state index is 0.352. The SMILES string of the molecule is C=C1N=C2c3c(nc(C)c(Cl)c3N(C)CC3CN(C)CC(C)N23)N1C. The number of piperazine rings is 1. The quantitative estimate of drug-likeness (QED) is 0.709. The molecular weight excluding hydrogens is 336 g/mol. The predicted octanol–water partition coefficient (Wildman–Crippen LogP) is 2.17. The van der Waals surface area contributed by atoms with E-state index in [-0.39, 0.29) is 0 Å². The predicted molar refractivity (Wildman–Crippen MR) is 104 cm³/mol. The summed E-state index contributed by atoms with van der Waals surface area (Å²) >= 11 is 6.71. The molecule has 0 aromatic carbocycles. The molecule has 0 amide bonds. The van der Waals surface area contributed by atoms with E-state index in [9.17, 15) is 0 Å². The second kappa shape index (κ2) is 5.61. The molecule has 25 heavy (non-hydrogen) atoms. The third kappa shape index (κ3) is 2.34. The smallest absolute Gasteiger partial charge is 0.147 e. The minimum Gasteiger partial charge on any atom is -0.371 e. The molecule has 1 fully saturated rings. The van der Waals surface area contributed by atoms with Crippen molar-refractivity contribution < 1.29 is 0 Å². The molecular formula is C18H25ClN6. The first-order valence-electron chi connectivity index (χ1n) is 8.69. The van der Waals surface area contributed by atoms with E-state index < -0.39 is 0 Å². The standard InChI is InChI=1S/C18H25ClN6/c1-10-7-22(4)8-13-9-23(5)16-14-17(20-11(2)15(16)19)24(6)12(3)21-18(14)25(10)13/h10,13H,3,7-9H2,1-2,4-6H3. The zero-order valence-corrected chi connectivity index (χ0v) is 16.3. The number of aromatic nitrogens is 1. The first-order valence-corrected chi connectivity index (χ1v) is 9.07. The van der Waals surface area contributed by atoms with Crippen LogP contribution in [0.25, 0.3) is 0 Å². The van der Waals surface area contributed by atoms with Crippen molar-refractivity contribution in [1.82, 2.24) is 14.8 Å². The summed E-state index contributed by atoms with van der Waals surface area (Å²) in [4.78, 5) is 18.7. The van der Waals surface area contributed by atoms with Crippen molar-refractivity contribution in [3.63, 3.8) is 0 Å². The van der Waals surface area contributed by atoms with Crippen molar-refractivity contribution in [2.75, 3.05) is 50.6 Å². The second-order valence-electron chi connectivity index (χ2n) is 7.48. The van der Waals surface area contributed by atoms with Gasteiger partial charge in [0.05, 0.1) is 28.0 Å². The van der Waals surface area contributed by atoms with E-state index >= 15 is 0 Å². The van der Waals surface area contributed by atoms with Gasteiger partial charge in [0.1, 0.15) is 17.5 Å². The Morgan fingerprint density at radius 2 is 1.88 bits per heavy atom. The van der Waals surface area contributed by atoms with Gasteiger partial charge in [-0.05, 0) is 20.9 Å². The van der Waals surface area contributed by atoms with Crippen LogP contribution in [0.15, 0.2) is 17.4 Å². The average Bonchev–Trinajstić information content (AvgIpc) is 2.64. The van der Waals surface area contributed by atoms with Crippen molar-refractivity contribution in [3.8, 4) is 0 Å². The highest BCUT2D eigenvalue weighted by atomic mass is 35.5. The van der Waals surface area contributed by atoms with Crippen LogP contribution in [0.2, 0.25) is 5.02 Å². The molecule has 0 spiro atoms. The van der Waals surface area contributed by atoms with Crippen molar-refractivity contribution in [1.29, 1.82) is 0 Å². The second-order valence-corrected chi connectivity index (χ2v) is 7.86. The molecule has 134 valence electrons. The molecule has 0 radical (unpaired) electrons. The molecule has 4 rings (SSSR count). The Labute approximate surface area is 154 Å². The number of fused-ring (bicyclic) bond motifs is 2. The van der Waals surface area contributed by atoms with Gasteiger partial charge in [0.2, 0.25) is 0 Å². The molecule has 3 aliphatic heterocycles. The van der Waals surface area contributed by atoms with Crippen LogP contribution in [0, 0.1) is 6.92 Å². The molecule has 0 aliphatic carbocycles. The molecule has 0 saturated carbocycles. The highest BCUT2D eigenvalue weighted by molar-refractivity contribution is 6.35. The van der Waals surface area contributed by atoms with E-state index in [0.29, 0.717) is 12.1 Å². The number of anilines is 2. The molecule has 1 aromatic rings. The lowest BCUT2D eigenvalue weighted by Gasteiger charge is -2.46. The normalized spacial score (nSPS) is 26.2. The Morgan fingerprint density at radius 3 is 2.60 bits per heavy atom. The van der Waals surface area contributed by atoms with Gasteiger partial charge in [0, 0.05) is 39.8 Å². The Kier molecular flexibility index (Phi) is 3.74. The molecule has 3 aliphatic rings. The summed E-state index contributed by atoms with van der Waals surface area (Å²) in [5.74, 6) is 2.58. The molecule has 1 aromatic heterocycles. The third-order valence-electron chi connectivity index (χ3n) is 5.50. The van der Waals surface area contributed by atoms with Gasteiger partial charge in [0.25, 0.3) is 0 Å². The van der Waals surface area contributed by atoms with E-state index in [1.165, 1.54) is 0 Å². The van der Waals surface area contributed by atoms with Crippen molar-refractivity contribution in [3.05, 3.63) is 28.7 Å². The van der Waals surface area contributed by atoms with Gasteiger partial charge in [-0.3, -0.25) is 0 Å². The lowest BCUT2D eigenvalue weighted by Crippen LogP contribution is -2.60. The Balaban J connectivity index is 2.00. The van der Waals surface area contributed by atoms with Gasteiger partial charge in [-0.2, -0.15) is 0 Å². The van der Waals surface area contributed by atoms with Crippen LogP contribution in [0.4, 0.5) is 11.5 Å². The maximum atomic E-state index is 6.71. The van der Waals surface area contributed by atoms with Crippen LogP contribution in [0.1, 0.15) is 18.2 Å². The van der Waals surface area contributed by atoms with E-state index in [2.05, 4.69) is 42.3 Å². The largest absolute Gasteiger partial charge is 0.371 e. The highest BCUT2D eigenvalue weighted by Gasteiger charge is 2.42. The number of hydrogen-bond donors (Lipinski definition) is 0. The fourth-order valence-corrected chi connectivity index (χ4v) is 4.66. The summed E-state index contributed by atoms with van der Waals surface area (Å²) in [6.45, 7) is 11.3. The maximum absolute atomic E-state index is 6.71. The zero-order valence-electron chi connectivity index (χ0n) is 15.5. The fourth-order valence-electron chi connectivity index (χ4n) is 4.38. The van der Waals surface area contributed by atoms with Crippen LogP contribution in [-0.4, -0.2) is 73.5 Å². The third-order valence-corrected chi connectivity index (χ3v) is 5.95. The van der Waals surface area contributed by atoms with Crippen LogP contribution >= 0.6 is 11.6 Å². The summed E-state index contributed by atoms with van der Waals surface area (Å²) in [6, 6.07) is 0.719. The summed E-state index contributed by atoms with van der Waals surface area (Å²) in [5.41, 5.74) is 2.91. The number of pyridine rings is 1. The van der Waals surface area contributed by atoms with E-state index in [1.54, 1.807) is 0 Å². The molecule has 2 unspecified atom stereocenters. The number of likely N-dealkylation sites (N-methyl/N-ethyl adjacent to an activating group) is 2. The Hall–Kier alpha value is -1.79. The number of hydrogen-bond acceptors (Lipinski definition) is 6. The summed E-state index contributed by atoms with van der Waals surface area (Å²) in [5, 5.41) is 0.718. The van der Waals surface area contributed by atoms with Crippen molar-refractivity contribution >= 4 is 28.9 Å². The van der Waals surface area contributed by atoms with Crippen LogP contribution in [0.5, 0.6) is 0 Å². The van der Waals surface area contributed by atoms with Gasteiger partial charge in [0.15, 0.2) is 0 Å². The Morgan fingerprint density at radius 1 is 1.16 bits per heavy atom. The number of halogens is 1. The first kappa shape index (κ1) is 16.7. The number of aryl methyl sites for hydroxylation is 1. The van der Waals surface area contributed by atoms with Gasteiger partial charge in [-0.1, -0.05) is 18.2 Å². The molecule has 2 atom stereocenters. The Bertz CT molecular complexity index is 788. The molecule has 0 N–H and O–H groups in total. The molecule has 7 heteroatoms. The monoisotopic (exact) mass is 360 g/mol. The fraction of sp³-hybridized carbons (Fsp3) is 0.556. The van der Waals surface area contributed by atoms with E-state index in [4.69, 9.17) is 21.6 Å². The molecule has 4 heterocycles. The summed E-state index contributed by atoms with van der Waals surface area (Å²) in [6.07, 6.45) is 0.